The van der Waals surface area contributed by atoms with Gasteiger partial charge in [-0.3, -0.25) is 0 Å². The number of anilines is 1. The zero-order valence-corrected chi connectivity index (χ0v) is 15.1. The molecule has 0 aromatic heterocycles. The van der Waals surface area contributed by atoms with Gasteiger partial charge in [-0.25, -0.2) is 9.59 Å². The van der Waals surface area contributed by atoms with Crippen LogP contribution in [0.15, 0.2) is 60.7 Å². The van der Waals surface area contributed by atoms with Gasteiger partial charge in [0.05, 0.1) is 0 Å². The molecule has 1 fully saturated rings. The van der Waals surface area contributed by atoms with Gasteiger partial charge >= 0.3 is 12.1 Å². The Kier molecular flexibility index (Phi) is 6.30. The summed E-state index contributed by atoms with van der Waals surface area (Å²) >= 11 is 0. The third-order valence-electron chi connectivity index (χ3n) is 4.88. The van der Waals surface area contributed by atoms with Gasteiger partial charge in [0.1, 0.15) is 12.6 Å². The summed E-state index contributed by atoms with van der Waals surface area (Å²) in [6, 6.07) is 18.4. The highest BCUT2D eigenvalue weighted by Gasteiger charge is 2.33. The van der Waals surface area contributed by atoms with E-state index in [9.17, 15) is 14.7 Å². The van der Waals surface area contributed by atoms with Gasteiger partial charge in [-0.2, -0.15) is 0 Å². The fourth-order valence-corrected chi connectivity index (χ4v) is 3.40. The summed E-state index contributed by atoms with van der Waals surface area (Å²) in [6.45, 7) is 1.64. The fourth-order valence-electron chi connectivity index (χ4n) is 3.40. The highest BCUT2D eigenvalue weighted by Crippen LogP contribution is 2.25. The Hall–Kier alpha value is -3.02. The van der Waals surface area contributed by atoms with E-state index in [-0.39, 0.29) is 12.5 Å². The second-order valence-corrected chi connectivity index (χ2v) is 6.68. The Balaban J connectivity index is 1.52. The van der Waals surface area contributed by atoms with E-state index >= 15 is 0 Å². The lowest BCUT2D eigenvalue weighted by atomic mass is 9.89. The summed E-state index contributed by atoms with van der Waals surface area (Å²) in [7, 11) is 0. The number of hydrogen-bond acceptors (Lipinski definition) is 4. The van der Waals surface area contributed by atoms with Gasteiger partial charge < -0.3 is 20.1 Å². The average molecular weight is 368 g/mol. The zero-order valence-electron chi connectivity index (χ0n) is 15.1. The van der Waals surface area contributed by atoms with E-state index in [1.807, 2.05) is 60.7 Å². The monoisotopic (exact) mass is 368 g/mol. The number of carbonyl (C=O) groups is 2. The van der Waals surface area contributed by atoms with Crippen molar-refractivity contribution in [2.24, 2.45) is 5.92 Å². The molecular formula is C21H24N2O4. The quantitative estimate of drug-likeness (QED) is 0.818. The van der Waals surface area contributed by atoms with Crippen LogP contribution < -0.4 is 10.2 Å². The normalized spacial score (nSPS) is 15.8. The highest BCUT2D eigenvalue weighted by atomic mass is 16.5. The van der Waals surface area contributed by atoms with Crippen molar-refractivity contribution in [2.75, 3.05) is 18.0 Å². The molecule has 6 heteroatoms. The lowest BCUT2D eigenvalue weighted by molar-refractivity contribution is -0.141. The summed E-state index contributed by atoms with van der Waals surface area (Å²) in [5.41, 5.74) is 1.99. The molecule has 0 radical (unpaired) electrons. The minimum absolute atomic E-state index is 0.117. The van der Waals surface area contributed by atoms with E-state index in [2.05, 4.69) is 10.2 Å². The van der Waals surface area contributed by atoms with Crippen molar-refractivity contribution in [2.45, 2.75) is 25.5 Å². The van der Waals surface area contributed by atoms with Crippen molar-refractivity contribution in [1.29, 1.82) is 0 Å². The standard InChI is InChI=1S/C21H24N2O4/c24-20(25)19(22-21(26)27-15-16-7-3-1-4-8-16)17-11-13-23(14-12-17)18-9-5-2-6-10-18/h1-10,17,19H,11-15H2,(H,22,26)(H,24,25)/t19-/m0/s1. The number of nitrogens with zero attached hydrogens (tertiary/aromatic N) is 1. The van der Waals surface area contributed by atoms with E-state index in [0.717, 1.165) is 24.3 Å². The zero-order chi connectivity index (χ0) is 19.1. The van der Waals surface area contributed by atoms with Crippen molar-refractivity contribution < 1.29 is 19.4 Å². The number of para-hydroxylation sites is 1. The summed E-state index contributed by atoms with van der Waals surface area (Å²) in [4.78, 5) is 26.0. The molecule has 142 valence electrons. The highest BCUT2D eigenvalue weighted by molar-refractivity contribution is 5.80. The molecule has 1 saturated heterocycles. The van der Waals surface area contributed by atoms with E-state index < -0.39 is 18.1 Å². The Morgan fingerprint density at radius 3 is 2.22 bits per heavy atom. The molecule has 0 bridgehead atoms. The molecule has 0 spiro atoms. The minimum Gasteiger partial charge on any atom is -0.480 e. The van der Waals surface area contributed by atoms with E-state index in [1.54, 1.807) is 0 Å². The maximum absolute atomic E-state index is 12.1. The molecular weight excluding hydrogens is 344 g/mol. The van der Waals surface area contributed by atoms with Crippen LogP contribution in [-0.2, 0) is 16.1 Å². The maximum Gasteiger partial charge on any atom is 0.408 e. The van der Waals surface area contributed by atoms with E-state index in [0.29, 0.717) is 12.8 Å². The van der Waals surface area contributed by atoms with Crippen molar-refractivity contribution in [3.63, 3.8) is 0 Å². The first-order chi connectivity index (χ1) is 13.1. The van der Waals surface area contributed by atoms with Gasteiger partial charge in [-0.15, -0.1) is 0 Å². The lowest BCUT2D eigenvalue weighted by Crippen LogP contribution is -2.49. The Morgan fingerprint density at radius 1 is 1.04 bits per heavy atom. The number of nitrogens with one attached hydrogen (secondary N) is 1. The molecule has 1 aliphatic heterocycles. The number of ether oxygens (including phenoxy) is 1. The topological polar surface area (TPSA) is 78.9 Å². The summed E-state index contributed by atoms with van der Waals surface area (Å²) in [5.74, 6) is -1.14. The van der Waals surface area contributed by atoms with Crippen LogP contribution in [0.5, 0.6) is 0 Å². The molecule has 1 amide bonds. The molecule has 2 aromatic rings. The number of piperidine rings is 1. The molecule has 1 atom stereocenters. The van der Waals surface area contributed by atoms with Crippen LogP contribution in [0.25, 0.3) is 0 Å². The fraction of sp³-hybridized carbons (Fsp3) is 0.333. The molecule has 3 rings (SSSR count). The molecule has 0 aliphatic carbocycles. The first-order valence-corrected chi connectivity index (χ1v) is 9.13. The molecule has 27 heavy (non-hydrogen) atoms. The van der Waals surface area contributed by atoms with Gasteiger partial charge in [0.15, 0.2) is 0 Å². The molecule has 2 N–H and O–H groups in total. The maximum atomic E-state index is 12.1. The van der Waals surface area contributed by atoms with Crippen LogP contribution in [0.2, 0.25) is 0 Å². The van der Waals surface area contributed by atoms with E-state index in [1.165, 1.54) is 0 Å². The average Bonchev–Trinajstić information content (AvgIpc) is 2.72. The predicted octanol–water partition coefficient (Wildman–Crippen LogP) is 3.28. The van der Waals surface area contributed by atoms with Gasteiger partial charge in [-0.1, -0.05) is 48.5 Å². The van der Waals surface area contributed by atoms with Crippen molar-refractivity contribution >= 4 is 17.7 Å². The number of carbonyl (C=O) groups excluding carboxylic acids is 1. The molecule has 1 heterocycles. The smallest absolute Gasteiger partial charge is 0.408 e. The number of hydrogen-bond donors (Lipinski definition) is 2. The number of amides is 1. The SMILES string of the molecule is O=C(N[C@H](C(=O)O)C1CCN(c2ccccc2)CC1)OCc1ccccc1. The Morgan fingerprint density at radius 2 is 1.63 bits per heavy atom. The van der Waals surface area contributed by atoms with Crippen LogP contribution in [0.3, 0.4) is 0 Å². The van der Waals surface area contributed by atoms with Crippen LogP contribution in [0, 0.1) is 5.92 Å². The lowest BCUT2D eigenvalue weighted by Gasteiger charge is -2.36. The predicted molar refractivity (Wildman–Crippen MR) is 103 cm³/mol. The number of alkyl carbamates (subject to hydrolysis) is 1. The van der Waals surface area contributed by atoms with Gasteiger partial charge in [0, 0.05) is 18.8 Å². The van der Waals surface area contributed by atoms with E-state index in [4.69, 9.17) is 4.74 Å². The number of carboxylic acids is 1. The van der Waals surface area contributed by atoms with Crippen LogP contribution >= 0.6 is 0 Å². The third kappa shape index (κ3) is 5.23. The Bertz CT molecular complexity index is 743. The van der Waals surface area contributed by atoms with Crippen LogP contribution in [0.1, 0.15) is 18.4 Å². The van der Waals surface area contributed by atoms with Crippen molar-refractivity contribution in [3.05, 3.63) is 66.2 Å². The molecule has 2 aromatic carbocycles. The number of carboxylic acid groups (broad SMARTS) is 1. The summed E-state index contributed by atoms with van der Waals surface area (Å²) in [6.07, 6.45) is 0.701. The molecule has 0 saturated carbocycles. The molecule has 1 aliphatic rings. The second kappa shape index (κ2) is 9.07. The second-order valence-electron chi connectivity index (χ2n) is 6.68. The number of aliphatic carboxylic acids is 1. The molecule has 0 unspecified atom stereocenters. The van der Waals surface area contributed by atoms with Crippen molar-refractivity contribution in [1.82, 2.24) is 5.32 Å². The largest absolute Gasteiger partial charge is 0.480 e. The number of rotatable bonds is 6. The third-order valence-corrected chi connectivity index (χ3v) is 4.88. The van der Waals surface area contributed by atoms with Crippen LogP contribution in [0.4, 0.5) is 10.5 Å². The summed E-state index contributed by atoms with van der Waals surface area (Å²) < 4.78 is 5.17. The summed E-state index contributed by atoms with van der Waals surface area (Å²) in [5, 5.41) is 12.1. The first kappa shape index (κ1) is 18.8. The minimum atomic E-state index is -1.02. The first-order valence-electron chi connectivity index (χ1n) is 9.13. The Labute approximate surface area is 158 Å². The van der Waals surface area contributed by atoms with Gasteiger partial charge in [0.2, 0.25) is 0 Å². The van der Waals surface area contributed by atoms with Crippen molar-refractivity contribution in [3.8, 4) is 0 Å². The molecule has 6 nitrogen and oxygen atoms in total. The number of benzene rings is 2. The van der Waals surface area contributed by atoms with Gasteiger partial charge in [-0.05, 0) is 36.5 Å². The van der Waals surface area contributed by atoms with Crippen LogP contribution in [-0.4, -0.2) is 36.3 Å². The van der Waals surface area contributed by atoms with Gasteiger partial charge in [0.25, 0.3) is 0 Å².